The van der Waals surface area contributed by atoms with Gasteiger partial charge in [0.15, 0.2) is 0 Å². The van der Waals surface area contributed by atoms with Crippen LogP contribution in [0.4, 0.5) is 0 Å². The number of ether oxygens (including phenoxy) is 1. The van der Waals surface area contributed by atoms with Gasteiger partial charge in [-0.05, 0) is 30.2 Å². The van der Waals surface area contributed by atoms with Crippen LogP contribution in [0.2, 0.25) is 10.0 Å². The second-order valence-electron chi connectivity index (χ2n) is 13.0. The van der Waals surface area contributed by atoms with Crippen LogP contribution in [0.1, 0.15) is 30.4 Å². The zero-order chi connectivity index (χ0) is 36.5. The Balaban J connectivity index is 1.14. The number of methoxy groups -OCH3 is 1. The van der Waals surface area contributed by atoms with E-state index in [-0.39, 0.29) is 37.0 Å². The van der Waals surface area contributed by atoms with Crippen LogP contribution in [0.25, 0.3) is 39.2 Å². The van der Waals surface area contributed by atoms with E-state index >= 15 is 0 Å². The summed E-state index contributed by atoms with van der Waals surface area (Å²) in [5.41, 5.74) is 5.48. The van der Waals surface area contributed by atoms with Crippen molar-refractivity contribution in [2.24, 2.45) is 0 Å². The fourth-order valence-corrected chi connectivity index (χ4v) is 7.62. The number of carboxylic acids is 1. The van der Waals surface area contributed by atoms with Crippen molar-refractivity contribution >= 4 is 40.7 Å². The Morgan fingerprint density at radius 2 is 1.75 bits per heavy atom. The van der Waals surface area contributed by atoms with Gasteiger partial charge in [0.05, 0.1) is 34.5 Å². The van der Waals surface area contributed by atoms with Gasteiger partial charge < -0.3 is 25.6 Å². The molecular weight excluding hydrogens is 707 g/mol. The number of aromatic nitrogens is 3. The Labute approximate surface area is 309 Å². The highest BCUT2D eigenvalue weighted by Crippen LogP contribution is 2.42. The molecule has 0 unspecified atom stereocenters. The Morgan fingerprint density at radius 3 is 2.46 bits per heavy atom. The van der Waals surface area contributed by atoms with Gasteiger partial charge in [-0.2, -0.15) is 0 Å². The number of carboxylic acid groups (broad SMARTS) is 1. The number of likely N-dealkylation sites (tertiary alicyclic amines) is 1. The number of pyridine rings is 2. The van der Waals surface area contributed by atoms with Crippen molar-refractivity contribution < 1.29 is 24.5 Å². The van der Waals surface area contributed by atoms with Crippen LogP contribution < -0.4 is 20.9 Å². The maximum atomic E-state index is 13.4. The summed E-state index contributed by atoms with van der Waals surface area (Å²) >= 11 is 14.2. The summed E-state index contributed by atoms with van der Waals surface area (Å²) in [4.78, 5) is 47.4. The van der Waals surface area contributed by atoms with E-state index in [0.717, 1.165) is 17.5 Å². The molecule has 0 aliphatic carbocycles. The predicted molar refractivity (Wildman–Crippen MR) is 197 cm³/mol. The maximum Gasteiger partial charge on any atom is 0.321 e. The first-order chi connectivity index (χ1) is 25.1. The van der Waals surface area contributed by atoms with Gasteiger partial charge in [0.1, 0.15) is 11.7 Å². The van der Waals surface area contributed by atoms with Crippen molar-refractivity contribution in [3.05, 3.63) is 105 Å². The van der Waals surface area contributed by atoms with Gasteiger partial charge in [0.25, 0.3) is 5.56 Å². The smallest absolute Gasteiger partial charge is 0.321 e. The minimum absolute atomic E-state index is 0.0598. The minimum atomic E-state index is -1.04. The highest BCUT2D eigenvalue weighted by molar-refractivity contribution is 6.39. The number of β-amino-alcohol motifs (C(OH)–C–C–N with tert-alkyl or cyclic N) is 1. The summed E-state index contributed by atoms with van der Waals surface area (Å²) in [6.07, 6.45) is 3.79. The molecular formula is C38H36Cl2N6O6. The molecule has 1 amide bonds. The third kappa shape index (κ3) is 7.12. The van der Waals surface area contributed by atoms with Crippen molar-refractivity contribution in [2.45, 2.75) is 50.5 Å². The second-order valence-corrected chi connectivity index (χ2v) is 13.8. The van der Waals surface area contributed by atoms with Gasteiger partial charge in [-0.1, -0.05) is 65.7 Å². The highest BCUT2D eigenvalue weighted by atomic mass is 35.5. The lowest BCUT2D eigenvalue weighted by molar-refractivity contribution is -0.142. The normalized spacial score (nSPS) is 18.9. The van der Waals surface area contributed by atoms with E-state index in [1.165, 1.54) is 10.6 Å². The van der Waals surface area contributed by atoms with E-state index < -0.39 is 18.1 Å². The van der Waals surface area contributed by atoms with Crippen LogP contribution in [0.5, 0.6) is 5.88 Å². The van der Waals surface area contributed by atoms with Crippen molar-refractivity contribution in [2.75, 3.05) is 20.2 Å². The summed E-state index contributed by atoms with van der Waals surface area (Å²) in [5.74, 6) is -0.485. The summed E-state index contributed by atoms with van der Waals surface area (Å²) in [7, 11) is 1.57. The number of aliphatic hydroxyl groups is 1. The molecule has 2 fully saturated rings. The van der Waals surface area contributed by atoms with Gasteiger partial charge in [0.2, 0.25) is 11.8 Å². The van der Waals surface area contributed by atoms with E-state index in [4.69, 9.17) is 32.9 Å². The average molecular weight is 744 g/mol. The third-order valence-electron chi connectivity index (χ3n) is 9.62. The first-order valence-corrected chi connectivity index (χ1v) is 17.6. The van der Waals surface area contributed by atoms with E-state index in [9.17, 15) is 24.6 Å². The zero-order valence-electron chi connectivity index (χ0n) is 28.2. The van der Waals surface area contributed by atoms with Crippen molar-refractivity contribution in [1.29, 1.82) is 0 Å². The number of aliphatic hydroxyl groups excluding tert-OH is 1. The third-order valence-corrected chi connectivity index (χ3v) is 10.4. The summed E-state index contributed by atoms with van der Waals surface area (Å²) in [5, 5.41) is 26.8. The lowest BCUT2D eigenvalue weighted by Gasteiger charge is -2.20. The predicted octanol–water partition coefficient (Wildman–Crippen LogP) is 4.79. The van der Waals surface area contributed by atoms with Crippen LogP contribution >= 0.6 is 23.2 Å². The van der Waals surface area contributed by atoms with E-state index in [0.29, 0.717) is 74.6 Å². The molecule has 3 atom stereocenters. The van der Waals surface area contributed by atoms with E-state index in [1.807, 2.05) is 48.5 Å². The second kappa shape index (κ2) is 15.0. The van der Waals surface area contributed by atoms with Crippen LogP contribution in [-0.2, 0) is 22.7 Å². The van der Waals surface area contributed by atoms with Crippen molar-refractivity contribution in [3.8, 4) is 39.4 Å². The van der Waals surface area contributed by atoms with Gasteiger partial charge in [-0.25, -0.2) is 9.97 Å². The van der Waals surface area contributed by atoms with Crippen LogP contribution in [0.3, 0.4) is 0 Å². The molecule has 0 spiro atoms. The maximum absolute atomic E-state index is 13.4. The number of rotatable bonds is 11. The van der Waals surface area contributed by atoms with Crippen LogP contribution in [0, 0.1) is 0 Å². The lowest BCUT2D eigenvalue weighted by Crippen LogP contribution is -2.37. The Kier molecular flexibility index (Phi) is 10.3. The highest BCUT2D eigenvalue weighted by Gasteiger charge is 2.36. The number of nitrogens with zero attached hydrogens (tertiary/aromatic N) is 4. The van der Waals surface area contributed by atoms with Gasteiger partial charge in [-0.3, -0.25) is 23.7 Å². The lowest BCUT2D eigenvalue weighted by atomic mass is 9.97. The first-order valence-electron chi connectivity index (χ1n) is 16.9. The van der Waals surface area contributed by atoms with Crippen molar-refractivity contribution in [1.82, 2.24) is 29.9 Å². The van der Waals surface area contributed by atoms with Crippen LogP contribution in [-0.4, -0.2) is 79.7 Å². The number of carbonyl (C=O) groups excluding carboxylic acids is 1. The van der Waals surface area contributed by atoms with Gasteiger partial charge in [-0.15, -0.1) is 0 Å². The number of halogens is 2. The van der Waals surface area contributed by atoms with E-state index in [2.05, 4.69) is 15.6 Å². The quantitative estimate of drug-likeness (QED) is 0.148. The molecule has 0 radical (unpaired) electrons. The molecule has 3 aromatic heterocycles. The minimum Gasteiger partial charge on any atom is -0.481 e. The Morgan fingerprint density at radius 1 is 1.02 bits per heavy atom. The summed E-state index contributed by atoms with van der Waals surface area (Å²) < 4.78 is 7.05. The molecule has 2 saturated heterocycles. The van der Waals surface area contributed by atoms with Gasteiger partial charge in [0, 0.05) is 85.3 Å². The summed E-state index contributed by atoms with van der Waals surface area (Å²) in [6, 6.07) is 18.0. The molecule has 7 rings (SSSR count). The van der Waals surface area contributed by atoms with Crippen LogP contribution in [0.15, 0.2) is 77.9 Å². The number of hydrogen-bond acceptors (Lipinski definition) is 9. The molecule has 2 aromatic carbocycles. The fourth-order valence-electron chi connectivity index (χ4n) is 6.96. The Bertz CT molecular complexity index is 2250. The zero-order valence-corrected chi connectivity index (χ0v) is 29.7. The summed E-state index contributed by atoms with van der Waals surface area (Å²) in [6.45, 7) is 1.40. The molecule has 4 N–H and O–H groups in total. The molecule has 12 nitrogen and oxygen atoms in total. The number of hydrogen-bond donors (Lipinski definition) is 4. The topological polar surface area (TPSA) is 158 Å². The fraction of sp³-hybridized carbons (Fsp3) is 0.289. The largest absolute Gasteiger partial charge is 0.481 e. The number of nitrogens with one attached hydrogen (secondary N) is 2. The molecule has 14 heteroatoms. The molecule has 5 heterocycles. The van der Waals surface area contributed by atoms with Crippen molar-refractivity contribution in [3.63, 3.8) is 0 Å². The number of benzene rings is 2. The first kappa shape index (κ1) is 35.5. The number of aliphatic carboxylic acids is 1. The molecule has 2 aliphatic rings. The monoisotopic (exact) mass is 742 g/mol. The molecule has 5 aromatic rings. The molecule has 2 aliphatic heterocycles. The standard InChI is InChI=1S/C38H36Cl2N6O6/c1-52-36-22(16-41-18-24-9-11-33(48)43-24)8-10-30(44-36)29-7-3-6-28(35(29)40)27-5-2-4-26(34(27)39)21-12-13-46-32(14-21)42-17-23(37(46)49)19-45-20-25(47)15-31(45)38(50)51/h2-8,10,12-14,17,24-25,31,41,47H,9,11,15-16,18-20H2,1H3,(H,43,48)(H,50,51)/t24-,25+,31-/m0/s1. The molecule has 268 valence electrons. The average Bonchev–Trinajstić information content (AvgIpc) is 3.73. The number of carbonyl (C=O) groups is 2. The molecule has 0 saturated carbocycles. The molecule has 0 bridgehead atoms. The van der Waals surface area contributed by atoms with Gasteiger partial charge >= 0.3 is 5.97 Å². The Hall–Kier alpha value is -4.85. The molecule has 52 heavy (non-hydrogen) atoms. The number of fused-ring (bicyclic) bond motifs is 1. The van der Waals surface area contributed by atoms with E-state index in [1.54, 1.807) is 30.3 Å². The number of amides is 1. The SMILES string of the molecule is COc1nc(-c2cccc(-c3cccc(-c4ccn5c(=O)c(CN6C[C@H](O)C[C@H]6C(=O)O)cnc5c4)c3Cl)c2Cl)ccc1CNC[C@@H]1CCC(=O)N1.